The highest BCUT2D eigenvalue weighted by Crippen LogP contribution is 2.22. The summed E-state index contributed by atoms with van der Waals surface area (Å²) in [5.41, 5.74) is 1.04. The molecule has 0 amide bonds. The summed E-state index contributed by atoms with van der Waals surface area (Å²) in [5.74, 6) is 1.04. The van der Waals surface area contributed by atoms with Crippen molar-refractivity contribution < 1.29 is 4.79 Å². The lowest BCUT2D eigenvalue weighted by Gasteiger charge is -2.15. The van der Waals surface area contributed by atoms with Crippen molar-refractivity contribution in [1.29, 1.82) is 0 Å². The minimum Gasteiger partial charge on any atom is -0.295 e. The zero-order valence-corrected chi connectivity index (χ0v) is 6.68. The Hall–Kier alpha value is -0.590. The van der Waals surface area contributed by atoms with Gasteiger partial charge in [-0.15, -0.1) is 0 Å². The van der Waals surface area contributed by atoms with Crippen LogP contribution in [0.4, 0.5) is 0 Å². The zero-order chi connectivity index (χ0) is 7.56. The lowest BCUT2D eigenvalue weighted by atomic mass is 9.90. The summed E-state index contributed by atoms with van der Waals surface area (Å²) in [6.07, 6.45) is 5.37. The highest BCUT2D eigenvalue weighted by atomic mass is 16.1. The van der Waals surface area contributed by atoms with Gasteiger partial charge in [0.25, 0.3) is 0 Å². The standard InChI is InChI=1S/C9H14O/c1-7-3-5-9(6-4-7)8(2)10/h5,7H,3-4,6H2,1-2H3. The Kier molecular flexibility index (Phi) is 2.25. The van der Waals surface area contributed by atoms with Crippen molar-refractivity contribution in [1.82, 2.24) is 0 Å². The highest BCUT2D eigenvalue weighted by molar-refractivity contribution is 5.93. The Morgan fingerprint density at radius 3 is 2.80 bits per heavy atom. The summed E-state index contributed by atoms with van der Waals surface area (Å²) < 4.78 is 0. The van der Waals surface area contributed by atoms with Gasteiger partial charge in [-0.1, -0.05) is 13.0 Å². The molecule has 0 aliphatic heterocycles. The molecule has 0 aromatic rings. The van der Waals surface area contributed by atoms with Crippen LogP contribution >= 0.6 is 0 Å². The van der Waals surface area contributed by atoms with Gasteiger partial charge in [0, 0.05) is 0 Å². The summed E-state index contributed by atoms with van der Waals surface area (Å²) in [6.45, 7) is 3.88. The van der Waals surface area contributed by atoms with E-state index in [1.165, 1.54) is 6.42 Å². The third-order valence-corrected chi connectivity index (χ3v) is 2.13. The van der Waals surface area contributed by atoms with Crippen LogP contribution in [0.5, 0.6) is 0 Å². The Morgan fingerprint density at radius 1 is 1.70 bits per heavy atom. The van der Waals surface area contributed by atoms with Gasteiger partial charge in [-0.25, -0.2) is 0 Å². The number of hydrogen-bond donors (Lipinski definition) is 0. The van der Waals surface area contributed by atoms with E-state index >= 15 is 0 Å². The van der Waals surface area contributed by atoms with E-state index in [9.17, 15) is 4.79 Å². The minimum atomic E-state index is 0.256. The van der Waals surface area contributed by atoms with Crippen molar-refractivity contribution in [3.63, 3.8) is 0 Å². The third-order valence-electron chi connectivity index (χ3n) is 2.13. The van der Waals surface area contributed by atoms with Crippen LogP contribution in [-0.2, 0) is 4.79 Å². The van der Waals surface area contributed by atoms with Crippen LogP contribution < -0.4 is 0 Å². The number of hydrogen-bond acceptors (Lipinski definition) is 1. The van der Waals surface area contributed by atoms with Gasteiger partial charge < -0.3 is 0 Å². The summed E-state index contributed by atoms with van der Waals surface area (Å²) in [7, 11) is 0. The van der Waals surface area contributed by atoms with E-state index in [0.29, 0.717) is 0 Å². The van der Waals surface area contributed by atoms with E-state index in [2.05, 4.69) is 13.0 Å². The topological polar surface area (TPSA) is 17.1 Å². The molecule has 1 nitrogen and oxygen atoms in total. The first-order chi connectivity index (χ1) is 4.70. The van der Waals surface area contributed by atoms with Crippen LogP contribution in [0.3, 0.4) is 0 Å². The number of carbonyl (C=O) groups excluding carboxylic acids is 1. The molecule has 0 radical (unpaired) electrons. The molecule has 1 aliphatic rings. The fourth-order valence-electron chi connectivity index (χ4n) is 1.29. The maximum absolute atomic E-state index is 10.8. The summed E-state index contributed by atoms with van der Waals surface area (Å²) in [4.78, 5) is 10.8. The average Bonchev–Trinajstić information content (AvgIpc) is 1.88. The fraction of sp³-hybridized carbons (Fsp3) is 0.667. The molecule has 0 heterocycles. The predicted molar refractivity (Wildman–Crippen MR) is 41.8 cm³/mol. The molecular formula is C9H14O. The second kappa shape index (κ2) is 3.00. The number of rotatable bonds is 1. The van der Waals surface area contributed by atoms with E-state index < -0.39 is 0 Å². The third kappa shape index (κ3) is 1.69. The molecule has 1 unspecified atom stereocenters. The Morgan fingerprint density at radius 2 is 2.40 bits per heavy atom. The van der Waals surface area contributed by atoms with Crippen LogP contribution in [0.2, 0.25) is 0 Å². The van der Waals surface area contributed by atoms with E-state index in [4.69, 9.17) is 0 Å². The van der Waals surface area contributed by atoms with E-state index in [0.717, 1.165) is 24.3 Å². The lowest BCUT2D eigenvalue weighted by molar-refractivity contribution is -0.113. The molecule has 0 saturated heterocycles. The fourth-order valence-corrected chi connectivity index (χ4v) is 1.29. The molecule has 0 fully saturated rings. The first-order valence-electron chi connectivity index (χ1n) is 3.90. The van der Waals surface area contributed by atoms with Gasteiger partial charge >= 0.3 is 0 Å². The molecule has 0 N–H and O–H groups in total. The smallest absolute Gasteiger partial charge is 0.155 e. The quantitative estimate of drug-likeness (QED) is 0.543. The van der Waals surface area contributed by atoms with E-state index in [1.807, 2.05) is 0 Å². The number of Topliss-reactive ketones (excluding diaryl/α,β-unsaturated/α-hetero) is 1. The Labute approximate surface area is 62.1 Å². The largest absolute Gasteiger partial charge is 0.295 e. The molecule has 0 spiro atoms. The molecule has 56 valence electrons. The second-order valence-corrected chi connectivity index (χ2v) is 3.17. The maximum Gasteiger partial charge on any atom is 0.155 e. The summed E-state index contributed by atoms with van der Waals surface area (Å²) >= 11 is 0. The van der Waals surface area contributed by atoms with Crippen molar-refractivity contribution in [3.05, 3.63) is 11.6 Å². The maximum atomic E-state index is 10.8. The SMILES string of the molecule is CC(=O)C1=CCC(C)CC1. The lowest BCUT2D eigenvalue weighted by Crippen LogP contribution is -2.06. The summed E-state index contributed by atoms with van der Waals surface area (Å²) in [6, 6.07) is 0. The first kappa shape index (κ1) is 7.52. The average molecular weight is 138 g/mol. The molecule has 1 rings (SSSR count). The number of carbonyl (C=O) groups is 1. The number of allylic oxidation sites excluding steroid dienone is 2. The van der Waals surface area contributed by atoms with Gasteiger partial charge in [-0.05, 0) is 37.7 Å². The Balaban J connectivity index is 2.56. The van der Waals surface area contributed by atoms with Crippen LogP contribution in [0.25, 0.3) is 0 Å². The van der Waals surface area contributed by atoms with Crippen LogP contribution in [0.15, 0.2) is 11.6 Å². The van der Waals surface area contributed by atoms with E-state index in [-0.39, 0.29) is 5.78 Å². The van der Waals surface area contributed by atoms with Crippen molar-refractivity contribution in [2.24, 2.45) is 5.92 Å². The van der Waals surface area contributed by atoms with Crippen molar-refractivity contribution in [2.75, 3.05) is 0 Å². The number of ketones is 1. The highest BCUT2D eigenvalue weighted by Gasteiger charge is 2.11. The van der Waals surface area contributed by atoms with Gasteiger partial charge in [0.15, 0.2) is 5.78 Å². The Bertz CT molecular complexity index is 168. The molecule has 0 bridgehead atoms. The zero-order valence-electron chi connectivity index (χ0n) is 6.68. The minimum absolute atomic E-state index is 0.256. The molecule has 1 atom stereocenters. The van der Waals surface area contributed by atoms with Gasteiger partial charge in [-0.3, -0.25) is 4.79 Å². The molecule has 0 saturated carbocycles. The van der Waals surface area contributed by atoms with Gasteiger partial charge in [0.1, 0.15) is 0 Å². The molecular weight excluding hydrogens is 124 g/mol. The van der Waals surface area contributed by atoms with Gasteiger partial charge in [0.2, 0.25) is 0 Å². The van der Waals surface area contributed by atoms with E-state index in [1.54, 1.807) is 6.92 Å². The van der Waals surface area contributed by atoms with Crippen molar-refractivity contribution in [3.8, 4) is 0 Å². The van der Waals surface area contributed by atoms with Crippen LogP contribution in [-0.4, -0.2) is 5.78 Å². The first-order valence-corrected chi connectivity index (χ1v) is 3.90. The van der Waals surface area contributed by atoms with Crippen molar-refractivity contribution >= 4 is 5.78 Å². The normalized spacial score (nSPS) is 25.8. The molecule has 1 aliphatic carbocycles. The second-order valence-electron chi connectivity index (χ2n) is 3.17. The molecule has 0 aromatic carbocycles. The monoisotopic (exact) mass is 138 g/mol. The van der Waals surface area contributed by atoms with Crippen LogP contribution in [0, 0.1) is 5.92 Å². The summed E-state index contributed by atoms with van der Waals surface area (Å²) in [5, 5.41) is 0. The van der Waals surface area contributed by atoms with Crippen LogP contribution in [0.1, 0.15) is 33.1 Å². The predicted octanol–water partition coefficient (Wildman–Crippen LogP) is 2.32. The van der Waals surface area contributed by atoms with Gasteiger partial charge in [0.05, 0.1) is 0 Å². The van der Waals surface area contributed by atoms with Crippen molar-refractivity contribution in [2.45, 2.75) is 33.1 Å². The molecule has 0 aromatic heterocycles. The molecule has 1 heteroatoms. The molecule has 10 heavy (non-hydrogen) atoms. The van der Waals surface area contributed by atoms with Gasteiger partial charge in [-0.2, -0.15) is 0 Å².